The van der Waals surface area contributed by atoms with Crippen LogP contribution in [0, 0.1) is 5.92 Å². The molecule has 1 unspecified atom stereocenters. The minimum absolute atomic E-state index is 0.112. The molecule has 4 rings (SSSR count). The Morgan fingerprint density at radius 1 is 1.20 bits per heavy atom. The molecular weight excluding hydrogens is 481 g/mol. The molecule has 0 radical (unpaired) electrons. The van der Waals surface area contributed by atoms with E-state index in [-0.39, 0.29) is 18.5 Å². The minimum atomic E-state index is -4.51. The second-order valence-corrected chi connectivity index (χ2v) is 10.1. The van der Waals surface area contributed by atoms with Crippen LogP contribution in [0.4, 0.5) is 13.2 Å². The van der Waals surface area contributed by atoms with Crippen molar-refractivity contribution in [2.75, 3.05) is 12.8 Å². The van der Waals surface area contributed by atoms with Crippen LogP contribution in [0.3, 0.4) is 0 Å². The van der Waals surface area contributed by atoms with Crippen LogP contribution in [0.2, 0.25) is 0 Å². The molecule has 0 amide bonds. The summed E-state index contributed by atoms with van der Waals surface area (Å²) in [6, 6.07) is 1.84. The number of halogens is 3. The van der Waals surface area contributed by atoms with E-state index >= 15 is 0 Å². The molecular formula is C23H25F3N6O2S. The highest BCUT2D eigenvalue weighted by atomic mass is 32.2. The number of aromatic amines is 1. The third kappa shape index (κ3) is 6.25. The van der Waals surface area contributed by atoms with Gasteiger partial charge in [0, 0.05) is 30.1 Å². The van der Waals surface area contributed by atoms with Crippen molar-refractivity contribution < 1.29 is 21.6 Å². The second-order valence-electron chi connectivity index (χ2n) is 8.28. The molecule has 3 aromatic rings. The van der Waals surface area contributed by atoms with Gasteiger partial charge in [-0.05, 0) is 43.4 Å². The van der Waals surface area contributed by atoms with Crippen molar-refractivity contribution in [2.24, 2.45) is 5.92 Å². The molecule has 0 aromatic carbocycles. The van der Waals surface area contributed by atoms with E-state index in [2.05, 4.69) is 24.8 Å². The highest BCUT2D eigenvalue weighted by molar-refractivity contribution is 7.88. The molecule has 1 aliphatic carbocycles. The highest BCUT2D eigenvalue weighted by Crippen LogP contribution is 2.36. The number of H-pyrrole nitrogens is 1. The Morgan fingerprint density at radius 3 is 2.77 bits per heavy atom. The number of rotatable bonds is 7. The second kappa shape index (κ2) is 10.2. The summed E-state index contributed by atoms with van der Waals surface area (Å²) in [5, 5.41) is 4.43. The fraction of sp³-hybridized carbons (Fsp3) is 0.348. The number of hydrogen-bond donors (Lipinski definition) is 2. The lowest BCUT2D eigenvalue weighted by Crippen LogP contribution is -2.31. The van der Waals surface area contributed by atoms with Crippen molar-refractivity contribution in [1.82, 2.24) is 29.5 Å². The van der Waals surface area contributed by atoms with Gasteiger partial charge in [0.1, 0.15) is 0 Å². The van der Waals surface area contributed by atoms with Gasteiger partial charge < -0.3 is 4.98 Å². The monoisotopic (exact) mass is 506 g/mol. The number of fused-ring (bicyclic) bond motifs is 1. The first-order valence-electron chi connectivity index (χ1n) is 11.0. The van der Waals surface area contributed by atoms with Crippen LogP contribution in [0.5, 0.6) is 0 Å². The number of sulfonamides is 1. The molecule has 35 heavy (non-hydrogen) atoms. The predicted octanol–water partition coefficient (Wildman–Crippen LogP) is 4.45. The number of nitrogens with one attached hydrogen (secondary N) is 2. The summed E-state index contributed by atoms with van der Waals surface area (Å²) in [7, 11) is -3.58. The van der Waals surface area contributed by atoms with Gasteiger partial charge in [0.05, 0.1) is 35.9 Å². The summed E-state index contributed by atoms with van der Waals surface area (Å²) in [5.41, 5.74) is 3.78. The van der Waals surface area contributed by atoms with E-state index in [1.54, 1.807) is 35.6 Å². The van der Waals surface area contributed by atoms with Crippen molar-refractivity contribution in [3.05, 3.63) is 60.9 Å². The molecule has 1 aliphatic rings. The lowest BCUT2D eigenvalue weighted by Gasteiger charge is -2.22. The van der Waals surface area contributed by atoms with E-state index in [9.17, 15) is 21.6 Å². The molecule has 186 valence electrons. The molecule has 12 heteroatoms. The molecule has 0 bridgehead atoms. The maximum absolute atomic E-state index is 13.9. The maximum atomic E-state index is 13.9. The van der Waals surface area contributed by atoms with Crippen molar-refractivity contribution in [3.63, 3.8) is 0 Å². The number of hydrogen-bond acceptors (Lipinski definition) is 5. The van der Waals surface area contributed by atoms with Gasteiger partial charge >= 0.3 is 6.18 Å². The van der Waals surface area contributed by atoms with Gasteiger partial charge in [0.25, 0.3) is 0 Å². The zero-order valence-electron chi connectivity index (χ0n) is 19.0. The quantitative estimate of drug-likeness (QED) is 0.493. The van der Waals surface area contributed by atoms with Crippen LogP contribution in [0.25, 0.3) is 28.0 Å². The molecule has 8 nitrogen and oxygen atoms in total. The normalized spacial score (nSPS) is 17.8. The highest BCUT2D eigenvalue weighted by Gasteiger charge is 2.40. The Hall–Kier alpha value is -3.25. The van der Waals surface area contributed by atoms with Crippen molar-refractivity contribution in [3.8, 4) is 11.1 Å². The average Bonchev–Trinajstić information content (AvgIpc) is 3.46. The molecule has 1 atom stereocenters. The summed E-state index contributed by atoms with van der Waals surface area (Å²) in [4.78, 5) is 11.4. The lowest BCUT2D eigenvalue weighted by atomic mass is 9.93. The standard InChI is InChI=1S/C23H25F3N6O2S/c1-35(33,34)31-12-10-20(23(24,25)26)16-5-3-2-4-6-18(8-7-16)32-14-17(13-30-32)19-9-11-27-22-21(19)28-15-29-22/h5-9,11,13-15,20,31H,2-4,10,12H2,1H3,(H,27,28,29)/b8-7?,16-5?,18-6-. The number of pyridine rings is 1. The van der Waals surface area contributed by atoms with Crippen LogP contribution in [-0.2, 0) is 10.0 Å². The van der Waals surface area contributed by atoms with Gasteiger partial charge in [-0.25, -0.2) is 27.8 Å². The van der Waals surface area contributed by atoms with Crippen LogP contribution in [-0.4, -0.2) is 52.1 Å². The van der Waals surface area contributed by atoms with Crippen LogP contribution >= 0.6 is 0 Å². The van der Waals surface area contributed by atoms with E-state index in [4.69, 9.17) is 0 Å². The van der Waals surface area contributed by atoms with Crippen LogP contribution in [0.15, 0.2) is 60.9 Å². The third-order valence-electron chi connectivity index (χ3n) is 5.67. The van der Waals surface area contributed by atoms with Crippen molar-refractivity contribution in [2.45, 2.75) is 31.9 Å². The minimum Gasteiger partial charge on any atom is -0.343 e. The fourth-order valence-electron chi connectivity index (χ4n) is 3.98. The molecule has 0 fully saturated rings. The Labute approximate surface area is 200 Å². The Bertz CT molecular complexity index is 1390. The van der Waals surface area contributed by atoms with Crippen LogP contribution in [0.1, 0.15) is 25.7 Å². The van der Waals surface area contributed by atoms with E-state index in [1.165, 1.54) is 6.08 Å². The predicted molar refractivity (Wildman–Crippen MR) is 127 cm³/mol. The lowest BCUT2D eigenvalue weighted by molar-refractivity contribution is -0.164. The van der Waals surface area contributed by atoms with Crippen LogP contribution < -0.4 is 4.72 Å². The van der Waals surface area contributed by atoms with Gasteiger partial charge in [-0.2, -0.15) is 18.3 Å². The Kier molecular flexibility index (Phi) is 7.22. The summed E-state index contributed by atoms with van der Waals surface area (Å²) in [6.45, 7) is -0.298. The first-order valence-corrected chi connectivity index (χ1v) is 12.9. The van der Waals surface area contributed by atoms with Gasteiger partial charge in [-0.3, -0.25) is 0 Å². The molecule has 0 saturated heterocycles. The summed E-state index contributed by atoms with van der Waals surface area (Å²) < 4.78 is 68.0. The molecule has 0 aliphatic heterocycles. The largest absolute Gasteiger partial charge is 0.395 e. The van der Waals surface area contributed by atoms with E-state index in [0.717, 1.165) is 22.9 Å². The van der Waals surface area contributed by atoms with Gasteiger partial charge in [0.2, 0.25) is 10.0 Å². The smallest absolute Gasteiger partial charge is 0.343 e. The zero-order valence-corrected chi connectivity index (χ0v) is 19.8. The van der Waals surface area contributed by atoms with E-state index in [1.807, 2.05) is 18.3 Å². The number of imidazole rings is 1. The fourth-order valence-corrected chi connectivity index (χ4v) is 4.47. The summed E-state index contributed by atoms with van der Waals surface area (Å²) >= 11 is 0. The molecule has 0 spiro atoms. The Morgan fingerprint density at radius 2 is 2.00 bits per heavy atom. The van der Waals surface area contributed by atoms with Crippen molar-refractivity contribution in [1.29, 1.82) is 0 Å². The molecule has 3 heterocycles. The molecule has 3 aromatic heterocycles. The number of alkyl halides is 3. The van der Waals surface area contributed by atoms with Gasteiger partial charge in [0.15, 0.2) is 5.65 Å². The topological polar surface area (TPSA) is 106 Å². The number of allylic oxidation sites excluding steroid dienone is 6. The zero-order chi connectivity index (χ0) is 25.1. The average molecular weight is 507 g/mol. The summed E-state index contributed by atoms with van der Waals surface area (Å²) in [5.74, 6) is -1.79. The first kappa shape index (κ1) is 24.9. The number of nitrogens with zero attached hydrogens (tertiary/aromatic N) is 4. The maximum Gasteiger partial charge on any atom is 0.395 e. The summed E-state index contributed by atoms with van der Waals surface area (Å²) in [6.07, 6.45) is 11.2. The van der Waals surface area contributed by atoms with E-state index in [0.29, 0.717) is 30.6 Å². The number of aromatic nitrogens is 5. The first-order chi connectivity index (χ1) is 16.6. The molecule has 0 saturated carbocycles. The van der Waals surface area contributed by atoms with Gasteiger partial charge in [-0.1, -0.05) is 18.2 Å². The molecule has 2 N–H and O–H groups in total. The van der Waals surface area contributed by atoms with E-state index < -0.39 is 22.1 Å². The SMILES string of the molecule is CS(=O)(=O)NCCC(C1=CCCC/C=C(\n2cc(-c3ccnc4nc[nH]c34)cn2)C=C1)C(F)(F)F. The van der Waals surface area contributed by atoms with Gasteiger partial charge in [-0.15, -0.1) is 0 Å². The van der Waals surface area contributed by atoms with Crippen molar-refractivity contribution >= 4 is 26.9 Å². The third-order valence-corrected chi connectivity index (χ3v) is 6.40. The Balaban J connectivity index is 1.59.